The molecule has 0 spiro atoms. The van der Waals surface area contributed by atoms with Gasteiger partial charge in [-0.15, -0.1) is 0 Å². The number of allylic oxidation sites excluding steroid dienone is 3. The summed E-state index contributed by atoms with van der Waals surface area (Å²) in [5.41, 5.74) is 1.15. The molecule has 0 saturated carbocycles. The quantitative estimate of drug-likeness (QED) is 0.606. The number of hydrogen-bond donors (Lipinski definition) is 1. The molecule has 18 heavy (non-hydrogen) atoms. The van der Waals surface area contributed by atoms with Gasteiger partial charge < -0.3 is 5.11 Å². The van der Waals surface area contributed by atoms with Gasteiger partial charge in [-0.1, -0.05) is 57.4 Å². The summed E-state index contributed by atoms with van der Waals surface area (Å²) in [6.45, 7) is 9.13. The molecule has 0 rings (SSSR count). The molecule has 0 aromatic heterocycles. The second-order valence-corrected chi connectivity index (χ2v) is 7.24. The third-order valence-corrected chi connectivity index (χ3v) is 4.67. The zero-order valence-corrected chi connectivity index (χ0v) is 13.5. The first-order valence-electron chi connectivity index (χ1n) is 6.90. The Morgan fingerprint density at radius 1 is 1.39 bits per heavy atom. The molecular formula is C16H30OS. The molecule has 0 fully saturated rings. The summed E-state index contributed by atoms with van der Waals surface area (Å²) in [7, 11) is 0. The zero-order valence-electron chi connectivity index (χ0n) is 12.7. The third-order valence-electron chi connectivity index (χ3n) is 3.36. The summed E-state index contributed by atoms with van der Waals surface area (Å²) in [6, 6.07) is 0. The van der Waals surface area contributed by atoms with Crippen LogP contribution in [0.5, 0.6) is 0 Å². The van der Waals surface area contributed by atoms with E-state index in [0.717, 1.165) is 17.9 Å². The molecule has 0 aliphatic rings. The topological polar surface area (TPSA) is 20.2 Å². The summed E-state index contributed by atoms with van der Waals surface area (Å²) >= 11 is 1.96. The Labute approximate surface area is 118 Å². The molecule has 1 nitrogen and oxygen atoms in total. The van der Waals surface area contributed by atoms with Gasteiger partial charge in [-0.25, -0.2) is 0 Å². The highest BCUT2D eigenvalue weighted by Gasteiger charge is 2.15. The molecule has 0 aromatic rings. The first kappa shape index (κ1) is 17.8. The normalized spacial score (nSPS) is 15.3. The Morgan fingerprint density at radius 2 is 2.06 bits per heavy atom. The fourth-order valence-corrected chi connectivity index (χ4v) is 2.14. The molecular weight excluding hydrogens is 240 g/mol. The minimum absolute atomic E-state index is 0.134. The summed E-state index contributed by atoms with van der Waals surface area (Å²) in [5, 5.41) is 8.75. The Bertz CT molecular complexity index is 266. The first-order valence-corrected chi connectivity index (χ1v) is 8.13. The summed E-state index contributed by atoms with van der Waals surface area (Å²) in [5.74, 6) is 0.751. The van der Waals surface area contributed by atoms with Gasteiger partial charge in [-0.2, -0.15) is 11.8 Å². The predicted molar refractivity (Wildman–Crippen MR) is 85.2 cm³/mol. The maximum absolute atomic E-state index is 8.75. The summed E-state index contributed by atoms with van der Waals surface area (Å²) in [4.78, 5) is 0. The number of aliphatic hydroxyl groups excluding tert-OH is 1. The van der Waals surface area contributed by atoms with Crippen LogP contribution in [-0.4, -0.2) is 22.7 Å². The van der Waals surface area contributed by atoms with Crippen LogP contribution in [-0.2, 0) is 0 Å². The van der Waals surface area contributed by atoms with Crippen molar-refractivity contribution < 1.29 is 5.11 Å². The molecule has 0 saturated heterocycles. The fraction of sp³-hybridized carbons (Fsp3) is 0.750. The monoisotopic (exact) mass is 270 g/mol. The molecule has 0 amide bonds. The lowest BCUT2D eigenvalue weighted by molar-refractivity contribution is 0.342. The largest absolute Gasteiger partial charge is 0.392 e. The maximum atomic E-state index is 8.75. The van der Waals surface area contributed by atoms with Crippen molar-refractivity contribution in [2.45, 2.75) is 58.1 Å². The van der Waals surface area contributed by atoms with Gasteiger partial charge in [0.2, 0.25) is 0 Å². The van der Waals surface area contributed by atoms with Crippen LogP contribution in [0.1, 0.15) is 53.4 Å². The Balaban J connectivity index is 3.79. The number of hydrogen-bond acceptors (Lipinski definition) is 2. The summed E-state index contributed by atoms with van der Waals surface area (Å²) in [6.07, 6.45) is 13.4. The second-order valence-electron chi connectivity index (χ2n) is 5.73. The van der Waals surface area contributed by atoms with Gasteiger partial charge in [0.1, 0.15) is 0 Å². The highest BCUT2D eigenvalue weighted by molar-refractivity contribution is 7.99. The molecule has 1 unspecified atom stereocenters. The Morgan fingerprint density at radius 3 is 2.61 bits per heavy atom. The molecule has 0 aliphatic carbocycles. The van der Waals surface area contributed by atoms with E-state index in [2.05, 4.69) is 39.2 Å². The van der Waals surface area contributed by atoms with Crippen molar-refractivity contribution in [2.24, 2.45) is 5.92 Å². The summed E-state index contributed by atoms with van der Waals surface area (Å²) < 4.78 is 0.427. The SMILES string of the molecule is CSC(C)(C)CCCC(C)C/C=C/C(C)=C/CO. The van der Waals surface area contributed by atoms with Crippen molar-refractivity contribution in [1.82, 2.24) is 0 Å². The lowest BCUT2D eigenvalue weighted by Gasteiger charge is -2.22. The van der Waals surface area contributed by atoms with E-state index in [1.165, 1.54) is 19.3 Å². The van der Waals surface area contributed by atoms with Crippen LogP contribution in [0.15, 0.2) is 23.8 Å². The zero-order chi connectivity index (χ0) is 14.0. The van der Waals surface area contributed by atoms with Gasteiger partial charge >= 0.3 is 0 Å². The average Bonchev–Trinajstić information content (AvgIpc) is 2.29. The predicted octanol–water partition coefficient (Wildman–Crippen LogP) is 4.82. The van der Waals surface area contributed by atoms with Gasteiger partial charge in [-0.05, 0) is 31.9 Å². The molecule has 0 aromatic carbocycles. The second kappa shape index (κ2) is 9.69. The van der Waals surface area contributed by atoms with Crippen LogP contribution in [0.3, 0.4) is 0 Å². The highest BCUT2D eigenvalue weighted by atomic mass is 32.2. The van der Waals surface area contributed by atoms with Gasteiger partial charge in [0.15, 0.2) is 0 Å². The van der Waals surface area contributed by atoms with Gasteiger partial charge in [0.05, 0.1) is 6.61 Å². The van der Waals surface area contributed by atoms with Crippen LogP contribution in [0.4, 0.5) is 0 Å². The van der Waals surface area contributed by atoms with Crippen LogP contribution in [0.2, 0.25) is 0 Å². The van der Waals surface area contributed by atoms with Crippen molar-refractivity contribution in [3.63, 3.8) is 0 Å². The van der Waals surface area contributed by atoms with E-state index in [1.54, 1.807) is 0 Å². The number of thioether (sulfide) groups is 1. The first-order chi connectivity index (χ1) is 8.41. The minimum Gasteiger partial charge on any atom is -0.392 e. The standard InChI is InChI=1S/C16H30OS/c1-14(8-6-9-15(2)11-13-17)10-7-12-16(3,4)18-5/h6,9,11,14,17H,7-8,10,12-13H2,1-5H3/b9-6+,15-11+. The lowest BCUT2D eigenvalue weighted by atomic mass is 9.96. The molecule has 0 aliphatic heterocycles. The van der Waals surface area contributed by atoms with Crippen molar-refractivity contribution in [3.8, 4) is 0 Å². The molecule has 106 valence electrons. The van der Waals surface area contributed by atoms with Gasteiger partial charge in [0, 0.05) is 4.75 Å². The van der Waals surface area contributed by atoms with E-state index in [4.69, 9.17) is 5.11 Å². The van der Waals surface area contributed by atoms with E-state index in [9.17, 15) is 0 Å². The van der Waals surface area contributed by atoms with Gasteiger partial charge in [-0.3, -0.25) is 0 Å². The molecule has 0 heterocycles. The van der Waals surface area contributed by atoms with E-state index in [0.29, 0.717) is 4.75 Å². The molecule has 0 bridgehead atoms. The highest BCUT2D eigenvalue weighted by Crippen LogP contribution is 2.28. The maximum Gasteiger partial charge on any atom is 0.0617 e. The Kier molecular flexibility index (Phi) is 9.57. The minimum atomic E-state index is 0.134. The average molecular weight is 270 g/mol. The third kappa shape index (κ3) is 9.78. The fourth-order valence-electron chi connectivity index (χ4n) is 1.79. The number of rotatable bonds is 9. The van der Waals surface area contributed by atoms with Gasteiger partial charge in [0.25, 0.3) is 0 Å². The van der Waals surface area contributed by atoms with E-state index < -0.39 is 0 Å². The van der Waals surface area contributed by atoms with Crippen LogP contribution in [0.25, 0.3) is 0 Å². The molecule has 1 N–H and O–H groups in total. The Hall–Kier alpha value is -0.210. The molecule has 1 atom stereocenters. The van der Waals surface area contributed by atoms with Crippen LogP contribution in [0, 0.1) is 5.92 Å². The van der Waals surface area contributed by atoms with Crippen molar-refractivity contribution >= 4 is 11.8 Å². The van der Waals surface area contributed by atoms with E-state index in [-0.39, 0.29) is 6.61 Å². The van der Waals surface area contributed by atoms with Crippen LogP contribution < -0.4 is 0 Å². The van der Waals surface area contributed by atoms with Crippen molar-refractivity contribution in [3.05, 3.63) is 23.8 Å². The van der Waals surface area contributed by atoms with Crippen LogP contribution >= 0.6 is 11.8 Å². The van der Waals surface area contributed by atoms with Crippen molar-refractivity contribution in [2.75, 3.05) is 12.9 Å². The van der Waals surface area contributed by atoms with E-state index in [1.807, 2.05) is 24.8 Å². The smallest absolute Gasteiger partial charge is 0.0617 e. The van der Waals surface area contributed by atoms with E-state index >= 15 is 0 Å². The number of aliphatic hydroxyl groups is 1. The molecule has 2 heteroatoms. The lowest BCUT2D eigenvalue weighted by Crippen LogP contribution is -2.13. The van der Waals surface area contributed by atoms with Crippen molar-refractivity contribution in [1.29, 1.82) is 0 Å². The molecule has 0 radical (unpaired) electrons.